The summed E-state index contributed by atoms with van der Waals surface area (Å²) in [5, 5.41) is 38.8. The van der Waals surface area contributed by atoms with Gasteiger partial charge in [-0.05, 0) is 48.4 Å². The molecule has 0 saturated carbocycles. The van der Waals surface area contributed by atoms with Gasteiger partial charge in [0, 0.05) is 57.8 Å². The number of rotatable bonds is 13. The molecule has 2 heterocycles. The van der Waals surface area contributed by atoms with Crippen molar-refractivity contribution in [2.24, 2.45) is 0 Å². The number of carbonyl (C=O) groups excluding carboxylic acids is 1. The number of hydrogen-bond donors (Lipinski definition) is 4. The molecule has 0 aliphatic carbocycles. The number of carbonyl (C=O) groups is 1. The van der Waals surface area contributed by atoms with Gasteiger partial charge in [0.1, 0.15) is 6.10 Å². The molecule has 192 valence electrons. The molecule has 9 nitrogen and oxygen atoms in total. The smallest absolute Gasteiger partial charge is 0.253 e. The lowest BCUT2D eigenvalue weighted by atomic mass is 10.0. The first-order valence-corrected chi connectivity index (χ1v) is 11.9. The molecule has 4 N–H and O–H groups in total. The summed E-state index contributed by atoms with van der Waals surface area (Å²) in [6.45, 7) is 1.44. The van der Waals surface area contributed by atoms with Crippen molar-refractivity contribution in [2.75, 3.05) is 20.2 Å². The van der Waals surface area contributed by atoms with E-state index in [0.717, 1.165) is 17.0 Å². The van der Waals surface area contributed by atoms with Crippen molar-refractivity contribution >= 4 is 5.91 Å². The third kappa shape index (κ3) is 8.18. The molecule has 0 bridgehead atoms. The Morgan fingerprint density at radius 2 is 1.42 bits per heavy atom. The zero-order valence-electron chi connectivity index (χ0n) is 20.4. The van der Waals surface area contributed by atoms with Gasteiger partial charge in [0.2, 0.25) is 0 Å². The highest BCUT2D eigenvalue weighted by atomic mass is 16.4. The summed E-state index contributed by atoms with van der Waals surface area (Å²) < 4.78 is 0. The van der Waals surface area contributed by atoms with E-state index in [9.17, 15) is 20.1 Å². The number of nitrogens with zero attached hydrogens (tertiary/aromatic N) is 4. The van der Waals surface area contributed by atoms with Crippen LogP contribution in [0.5, 0.6) is 0 Å². The Balaban J connectivity index is 1.63. The fourth-order valence-electron chi connectivity index (χ4n) is 3.87. The summed E-state index contributed by atoms with van der Waals surface area (Å²) in [5.74, 6) is -0.316. The third-order valence-corrected chi connectivity index (χ3v) is 5.85. The van der Waals surface area contributed by atoms with Crippen LogP contribution in [0.1, 0.15) is 33.7 Å². The number of aromatic nitrogens is 2. The average molecular weight is 495 g/mol. The monoisotopic (exact) mass is 494 g/mol. The van der Waals surface area contributed by atoms with Crippen LogP contribution in [0.15, 0.2) is 73.1 Å². The van der Waals surface area contributed by atoms with Crippen molar-refractivity contribution in [3.63, 3.8) is 0 Å². The first-order valence-electron chi connectivity index (χ1n) is 11.9. The first kappa shape index (κ1) is 27.4. The Hall–Kier alpha value is -3.21. The van der Waals surface area contributed by atoms with E-state index in [0.29, 0.717) is 25.2 Å². The molecular formula is C27H34N4O5. The molecule has 1 amide bonds. The molecule has 0 radical (unpaired) electrons. The van der Waals surface area contributed by atoms with Gasteiger partial charge in [-0.2, -0.15) is 0 Å². The molecule has 0 spiro atoms. The number of aliphatic hydroxyl groups excluding tert-OH is 4. The molecule has 0 aliphatic heterocycles. The fourth-order valence-corrected chi connectivity index (χ4v) is 3.87. The molecule has 1 aromatic carbocycles. The molecule has 2 aromatic heterocycles. The topological polar surface area (TPSA) is 130 Å². The van der Waals surface area contributed by atoms with E-state index in [2.05, 4.69) is 14.9 Å². The van der Waals surface area contributed by atoms with Gasteiger partial charge in [0.05, 0.1) is 23.6 Å². The number of amides is 1. The number of likely N-dealkylation sites (N-methyl/N-ethyl adjacent to an activating group) is 1. The van der Waals surface area contributed by atoms with Crippen LogP contribution in [0.3, 0.4) is 0 Å². The number of aliphatic hydroxyl groups is 4. The first-order chi connectivity index (χ1) is 17.4. The molecule has 3 atom stereocenters. The maximum absolute atomic E-state index is 12.8. The summed E-state index contributed by atoms with van der Waals surface area (Å²) in [7, 11) is 1.52. The highest BCUT2D eigenvalue weighted by Gasteiger charge is 2.26. The standard InChI is InChI=1S/C27H34N4O5/c1-30(19-25(34)26(35)24(33)12-15-32)27(36)21-10-8-20(9-11-21)16-31(17-22-6-2-4-13-28-22)18-23-7-3-5-14-29-23/h2-11,13-14,24-26,32-35H,12,15-19H2,1H3. The Bertz CT molecular complexity index is 1010. The number of benzene rings is 1. The quantitative estimate of drug-likeness (QED) is 0.279. The van der Waals surface area contributed by atoms with Gasteiger partial charge in [-0.15, -0.1) is 0 Å². The van der Waals surface area contributed by atoms with E-state index in [1.807, 2.05) is 48.5 Å². The van der Waals surface area contributed by atoms with Crippen LogP contribution in [0.4, 0.5) is 0 Å². The summed E-state index contributed by atoms with van der Waals surface area (Å²) in [4.78, 5) is 25.2. The second-order valence-corrected chi connectivity index (χ2v) is 8.81. The van der Waals surface area contributed by atoms with E-state index in [4.69, 9.17) is 5.11 Å². The third-order valence-electron chi connectivity index (χ3n) is 5.85. The van der Waals surface area contributed by atoms with Crippen LogP contribution in [-0.2, 0) is 19.6 Å². The summed E-state index contributed by atoms with van der Waals surface area (Å²) >= 11 is 0. The SMILES string of the molecule is CN(CC(O)C(O)C(O)CCO)C(=O)c1ccc(CN(Cc2ccccn2)Cc2ccccn2)cc1. The minimum absolute atomic E-state index is 0.0605. The van der Waals surface area contributed by atoms with Crippen molar-refractivity contribution in [3.05, 3.63) is 95.6 Å². The minimum atomic E-state index is -1.46. The lowest BCUT2D eigenvalue weighted by Gasteiger charge is -2.27. The van der Waals surface area contributed by atoms with Gasteiger partial charge in [-0.3, -0.25) is 19.7 Å². The van der Waals surface area contributed by atoms with Crippen LogP contribution < -0.4 is 0 Å². The average Bonchev–Trinajstić information content (AvgIpc) is 2.89. The highest BCUT2D eigenvalue weighted by Crippen LogP contribution is 2.15. The van der Waals surface area contributed by atoms with Crippen LogP contribution in [-0.4, -0.2) is 84.6 Å². The maximum atomic E-state index is 12.8. The molecule has 0 saturated heterocycles. The number of hydrogen-bond acceptors (Lipinski definition) is 8. The predicted octanol–water partition coefficient (Wildman–Crippen LogP) is 1.22. The summed E-state index contributed by atoms with van der Waals surface area (Å²) in [6.07, 6.45) is -0.587. The summed E-state index contributed by atoms with van der Waals surface area (Å²) in [5.41, 5.74) is 3.36. The Morgan fingerprint density at radius 1 is 0.833 bits per heavy atom. The van der Waals surface area contributed by atoms with Gasteiger partial charge in [-0.1, -0.05) is 24.3 Å². The van der Waals surface area contributed by atoms with Gasteiger partial charge in [0.25, 0.3) is 5.91 Å². The zero-order valence-corrected chi connectivity index (χ0v) is 20.4. The van der Waals surface area contributed by atoms with Crippen molar-refractivity contribution in [3.8, 4) is 0 Å². The zero-order chi connectivity index (χ0) is 25.9. The lowest BCUT2D eigenvalue weighted by molar-refractivity contribution is -0.0709. The van der Waals surface area contributed by atoms with Gasteiger partial charge in [0.15, 0.2) is 0 Å². The molecule has 3 rings (SSSR count). The summed E-state index contributed by atoms with van der Waals surface area (Å²) in [6, 6.07) is 18.9. The molecule has 3 unspecified atom stereocenters. The van der Waals surface area contributed by atoms with Crippen LogP contribution in [0, 0.1) is 0 Å². The van der Waals surface area contributed by atoms with E-state index >= 15 is 0 Å². The second-order valence-electron chi connectivity index (χ2n) is 8.81. The van der Waals surface area contributed by atoms with Crippen LogP contribution >= 0.6 is 0 Å². The van der Waals surface area contributed by atoms with E-state index in [1.165, 1.54) is 11.9 Å². The molecule has 3 aromatic rings. The Morgan fingerprint density at radius 3 is 1.92 bits per heavy atom. The second kappa shape index (κ2) is 13.8. The van der Waals surface area contributed by atoms with Crippen LogP contribution in [0.2, 0.25) is 0 Å². The van der Waals surface area contributed by atoms with Gasteiger partial charge < -0.3 is 25.3 Å². The highest BCUT2D eigenvalue weighted by molar-refractivity contribution is 5.94. The Labute approximate surface area is 211 Å². The Kier molecular flexibility index (Phi) is 10.5. The van der Waals surface area contributed by atoms with E-state index in [1.54, 1.807) is 24.5 Å². The molecule has 0 fully saturated rings. The van der Waals surface area contributed by atoms with Gasteiger partial charge >= 0.3 is 0 Å². The van der Waals surface area contributed by atoms with Crippen molar-refractivity contribution in [1.82, 2.24) is 19.8 Å². The lowest BCUT2D eigenvalue weighted by Crippen LogP contribution is -2.45. The molecule has 36 heavy (non-hydrogen) atoms. The van der Waals surface area contributed by atoms with Crippen LogP contribution in [0.25, 0.3) is 0 Å². The predicted molar refractivity (Wildman–Crippen MR) is 135 cm³/mol. The van der Waals surface area contributed by atoms with E-state index in [-0.39, 0.29) is 25.5 Å². The maximum Gasteiger partial charge on any atom is 0.253 e. The van der Waals surface area contributed by atoms with Crippen molar-refractivity contribution in [1.29, 1.82) is 0 Å². The molecule has 9 heteroatoms. The van der Waals surface area contributed by atoms with Crippen molar-refractivity contribution in [2.45, 2.75) is 44.4 Å². The largest absolute Gasteiger partial charge is 0.396 e. The van der Waals surface area contributed by atoms with E-state index < -0.39 is 18.3 Å². The number of pyridine rings is 2. The molecular weight excluding hydrogens is 460 g/mol. The van der Waals surface area contributed by atoms with Crippen molar-refractivity contribution < 1.29 is 25.2 Å². The minimum Gasteiger partial charge on any atom is -0.396 e. The molecule has 0 aliphatic rings. The normalized spacial score (nSPS) is 13.8. The van der Waals surface area contributed by atoms with Gasteiger partial charge in [-0.25, -0.2) is 0 Å². The fraction of sp³-hybridized carbons (Fsp3) is 0.370.